The fourth-order valence-corrected chi connectivity index (χ4v) is 5.38. The third kappa shape index (κ3) is 5.93. The Morgan fingerprint density at radius 3 is 1.63 bits per heavy atom. The maximum atomic E-state index is 5.40. The van der Waals surface area contributed by atoms with E-state index in [1.807, 2.05) is 0 Å². The van der Waals surface area contributed by atoms with E-state index < -0.39 is 0 Å². The highest BCUT2D eigenvalue weighted by Crippen LogP contribution is 2.29. The van der Waals surface area contributed by atoms with Crippen molar-refractivity contribution in [3.63, 3.8) is 0 Å². The maximum absolute atomic E-state index is 5.40. The van der Waals surface area contributed by atoms with E-state index >= 15 is 0 Å². The molecular weight excluding hydrogens is 428 g/mol. The minimum Gasteiger partial charge on any atom is -0.497 e. The number of piperazine rings is 1. The molecule has 0 spiro atoms. The molecule has 4 aromatic rings. The number of rotatable bonds is 8. The number of hydrogen-bond donors (Lipinski definition) is 0. The minimum atomic E-state index is 0.372. The second kappa shape index (κ2) is 11.2. The fraction of sp³-hybridized carbons (Fsp3) is 0.250. The normalized spacial score (nSPS) is 18.4. The van der Waals surface area contributed by atoms with E-state index in [4.69, 9.17) is 4.74 Å². The number of nitrogens with zero attached hydrogens (tertiary/aromatic N) is 2. The zero-order chi connectivity index (χ0) is 23.9. The highest BCUT2D eigenvalue weighted by Gasteiger charge is 2.34. The molecule has 0 amide bonds. The van der Waals surface area contributed by atoms with E-state index in [0.717, 1.165) is 38.2 Å². The monoisotopic (exact) mass is 462 g/mol. The Hall–Kier alpha value is -3.56. The quantitative estimate of drug-likeness (QED) is 0.308. The first-order valence-corrected chi connectivity index (χ1v) is 12.5. The Labute approximate surface area is 209 Å². The molecule has 1 aliphatic heterocycles. The molecule has 0 unspecified atom stereocenters. The number of anilines is 1. The molecule has 0 aliphatic carbocycles. The highest BCUT2D eigenvalue weighted by atomic mass is 16.5. The molecule has 4 aromatic carbocycles. The number of ether oxygens (including phenoxy) is 1. The van der Waals surface area contributed by atoms with Gasteiger partial charge in [-0.2, -0.15) is 0 Å². The van der Waals surface area contributed by atoms with Crippen LogP contribution in [-0.4, -0.2) is 37.2 Å². The van der Waals surface area contributed by atoms with E-state index in [1.54, 1.807) is 7.11 Å². The van der Waals surface area contributed by atoms with Crippen molar-refractivity contribution in [2.24, 2.45) is 0 Å². The smallest absolute Gasteiger partial charge is 0.118 e. The van der Waals surface area contributed by atoms with Crippen LogP contribution in [0.15, 0.2) is 115 Å². The first-order chi connectivity index (χ1) is 17.3. The molecule has 3 nitrogen and oxygen atoms in total. The van der Waals surface area contributed by atoms with Gasteiger partial charge in [-0.1, -0.05) is 91.0 Å². The molecule has 0 bridgehead atoms. The van der Waals surface area contributed by atoms with Crippen LogP contribution in [0.4, 0.5) is 5.69 Å². The molecule has 0 saturated carbocycles. The average molecular weight is 463 g/mol. The van der Waals surface area contributed by atoms with Crippen molar-refractivity contribution in [3.05, 3.63) is 132 Å². The lowest BCUT2D eigenvalue weighted by Crippen LogP contribution is -2.60. The summed E-state index contributed by atoms with van der Waals surface area (Å²) >= 11 is 0. The summed E-state index contributed by atoms with van der Waals surface area (Å²) in [7, 11) is 1.73. The van der Waals surface area contributed by atoms with Crippen LogP contribution in [0.2, 0.25) is 0 Å². The van der Waals surface area contributed by atoms with Gasteiger partial charge in [-0.25, -0.2) is 0 Å². The van der Waals surface area contributed by atoms with E-state index in [-0.39, 0.29) is 0 Å². The fourth-order valence-electron chi connectivity index (χ4n) is 5.38. The minimum absolute atomic E-state index is 0.372. The lowest BCUT2D eigenvalue weighted by atomic mass is 9.94. The van der Waals surface area contributed by atoms with Crippen LogP contribution in [0.5, 0.6) is 5.75 Å². The van der Waals surface area contributed by atoms with Crippen molar-refractivity contribution in [3.8, 4) is 5.75 Å². The standard InChI is InChI=1S/C32H34N2O/c1-35-32-19-17-27(18-20-32)22-31-25-33(23-28-13-7-3-8-14-28)24-30(21-26-11-5-2-6-12-26)34(31)29-15-9-4-10-16-29/h2-20,30-31H,21-25H2,1H3/t30-,31+/m0/s1. The summed E-state index contributed by atoms with van der Waals surface area (Å²) in [5, 5.41) is 0. The average Bonchev–Trinajstić information content (AvgIpc) is 2.91. The van der Waals surface area contributed by atoms with Crippen LogP contribution in [0, 0.1) is 0 Å². The predicted octanol–water partition coefficient (Wildman–Crippen LogP) is 6.24. The molecular formula is C32H34N2O. The summed E-state index contributed by atoms with van der Waals surface area (Å²) in [6.45, 7) is 3.05. The Morgan fingerprint density at radius 2 is 1.09 bits per heavy atom. The number of benzene rings is 4. The van der Waals surface area contributed by atoms with Crippen molar-refractivity contribution in [1.29, 1.82) is 0 Å². The summed E-state index contributed by atoms with van der Waals surface area (Å²) in [6, 6.07) is 42.1. The third-order valence-electron chi connectivity index (χ3n) is 6.97. The van der Waals surface area contributed by atoms with Crippen molar-refractivity contribution in [1.82, 2.24) is 4.90 Å². The molecule has 1 heterocycles. The van der Waals surface area contributed by atoms with Gasteiger partial charge in [0.1, 0.15) is 5.75 Å². The summed E-state index contributed by atoms with van der Waals surface area (Å²) in [5.74, 6) is 0.907. The molecule has 35 heavy (non-hydrogen) atoms. The summed E-state index contributed by atoms with van der Waals surface area (Å²) < 4.78 is 5.40. The summed E-state index contributed by atoms with van der Waals surface area (Å²) in [5.41, 5.74) is 5.42. The van der Waals surface area contributed by atoms with Crippen LogP contribution in [-0.2, 0) is 19.4 Å². The van der Waals surface area contributed by atoms with Gasteiger partial charge in [-0.05, 0) is 53.8 Å². The Kier molecular flexibility index (Phi) is 7.45. The van der Waals surface area contributed by atoms with Gasteiger partial charge in [0, 0.05) is 37.4 Å². The largest absolute Gasteiger partial charge is 0.497 e. The Balaban J connectivity index is 1.48. The number of hydrogen-bond acceptors (Lipinski definition) is 3. The topological polar surface area (TPSA) is 15.7 Å². The molecule has 178 valence electrons. The third-order valence-corrected chi connectivity index (χ3v) is 6.97. The van der Waals surface area contributed by atoms with Gasteiger partial charge in [0.15, 0.2) is 0 Å². The van der Waals surface area contributed by atoms with Gasteiger partial charge in [0.25, 0.3) is 0 Å². The van der Waals surface area contributed by atoms with E-state index in [1.165, 1.54) is 22.4 Å². The van der Waals surface area contributed by atoms with E-state index in [9.17, 15) is 0 Å². The molecule has 1 saturated heterocycles. The van der Waals surface area contributed by atoms with Gasteiger partial charge >= 0.3 is 0 Å². The highest BCUT2D eigenvalue weighted by molar-refractivity contribution is 5.50. The van der Waals surface area contributed by atoms with Crippen molar-refractivity contribution < 1.29 is 4.74 Å². The molecule has 0 radical (unpaired) electrons. The van der Waals surface area contributed by atoms with Crippen LogP contribution in [0.3, 0.4) is 0 Å². The molecule has 1 fully saturated rings. The first-order valence-electron chi connectivity index (χ1n) is 12.5. The van der Waals surface area contributed by atoms with Gasteiger partial charge < -0.3 is 9.64 Å². The summed E-state index contributed by atoms with van der Waals surface area (Å²) in [4.78, 5) is 5.34. The van der Waals surface area contributed by atoms with Gasteiger partial charge in [0.05, 0.1) is 7.11 Å². The van der Waals surface area contributed by atoms with Crippen molar-refractivity contribution in [2.45, 2.75) is 31.5 Å². The van der Waals surface area contributed by atoms with E-state index in [0.29, 0.717) is 12.1 Å². The lowest BCUT2D eigenvalue weighted by Gasteiger charge is -2.49. The molecule has 5 rings (SSSR count). The Bertz CT molecular complexity index is 1160. The second-order valence-electron chi connectivity index (χ2n) is 9.47. The molecule has 2 atom stereocenters. The van der Waals surface area contributed by atoms with Crippen LogP contribution >= 0.6 is 0 Å². The molecule has 1 aliphatic rings. The molecule has 3 heteroatoms. The Morgan fingerprint density at radius 1 is 0.600 bits per heavy atom. The lowest BCUT2D eigenvalue weighted by molar-refractivity contribution is 0.179. The van der Waals surface area contributed by atoms with Crippen molar-refractivity contribution >= 4 is 5.69 Å². The molecule has 0 N–H and O–H groups in total. The van der Waals surface area contributed by atoms with Gasteiger partial charge in [-0.3, -0.25) is 4.90 Å². The maximum Gasteiger partial charge on any atom is 0.118 e. The predicted molar refractivity (Wildman–Crippen MR) is 145 cm³/mol. The zero-order valence-corrected chi connectivity index (χ0v) is 20.5. The SMILES string of the molecule is COc1ccc(C[C@@H]2CN(Cc3ccccc3)C[C@H](Cc3ccccc3)N2c2ccccc2)cc1. The van der Waals surface area contributed by atoms with Gasteiger partial charge in [-0.15, -0.1) is 0 Å². The van der Waals surface area contributed by atoms with Crippen molar-refractivity contribution in [2.75, 3.05) is 25.1 Å². The first kappa shape index (κ1) is 23.2. The zero-order valence-electron chi connectivity index (χ0n) is 20.5. The van der Waals surface area contributed by atoms with Crippen LogP contribution in [0.25, 0.3) is 0 Å². The number of para-hydroxylation sites is 1. The van der Waals surface area contributed by atoms with Crippen LogP contribution < -0.4 is 9.64 Å². The molecule has 0 aromatic heterocycles. The van der Waals surface area contributed by atoms with E-state index in [2.05, 4.69) is 125 Å². The summed E-state index contributed by atoms with van der Waals surface area (Å²) in [6.07, 6.45) is 2.02. The van der Waals surface area contributed by atoms with Crippen LogP contribution in [0.1, 0.15) is 16.7 Å². The number of methoxy groups -OCH3 is 1. The van der Waals surface area contributed by atoms with Gasteiger partial charge in [0.2, 0.25) is 0 Å². The second-order valence-corrected chi connectivity index (χ2v) is 9.47.